The third-order valence-electron chi connectivity index (χ3n) is 1.98. The summed E-state index contributed by atoms with van der Waals surface area (Å²) in [5.41, 5.74) is 0.607. The van der Waals surface area contributed by atoms with Crippen LogP contribution in [-0.4, -0.2) is 19.1 Å². The largest absolute Gasteiger partial charge is 0.494 e. The average Bonchev–Trinajstić information content (AvgIpc) is 2.33. The van der Waals surface area contributed by atoms with Gasteiger partial charge in [-0.05, 0) is 24.6 Å². The van der Waals surface area contributed by atoms with Gasteiger partial charge in [-0.25, -0.2) is 0 Å². The smallest absolute Gasteiger partial charge is 0.251 e. The van der Waals surface area contributed by atoms with E-state index < -0.39 is 0 Å². The van der Waals surface area contributed by atoms with E-state index in [1.807, 2.05) is 19.1 Å². The molecule has 86 valence electrons. The highest BCUT2D eigenvalue weighted by molar-refractivity contribution is 5.94. The molecule has 0 aliphatic heterocycles. The van der Waals surface area contributed by atoms with Crippen molar-refractivity contribution in [2.45, 2.75) is 13.3 Å². The molecule has 0 heterocycles. The Bertz CT molecular complexity index is 361. The Kier molecular flexibility index (Phi) is 5.12. The molecule has 0 saturated carbocycles. The minimum Gasteiger partial charge on any atom is -0.494 e. The van der Waals surface area contributed by atoms with Crippen LogP contribution in [0.4, 0.5) is 0 Å². The van der Waals surface area contributed by atoms with Crippen LogP contribution in [0.3, 0.4) is 0 Å². The highest BCUT2D eigenvalue weighted by Gasteiger charge is 2.04. The molecule has 1 aromatic rings. The maximum absolute atomic E-state index is 11.6. The predicted molar refractivity (Wildman–Crippen MR) is 64.8 cm³/mol. The standard InChI is InChI=1S/C13H17NO2/c1-3-8-14-13(15)11-6-5-7-12(10-11)16-9-4-2/h3,5-7,10H,1,4,8-9H2,2H3,(H,14,15). The lowest BCUT2D eigenvalue weighted by Crippen LogP contribution is -2.23. The van der Waals surface area contributed by atoms with Crippen LogP contribution in [-0.2, 0) is 0 Å². The molecule has 0 saturated heterocycles. The highest BCUT2D eigenvalue weighted by atomic mass is 16.5. The SMILES string of the molecule is C=CCNC(=O)c1cccc(OCCC)c1. The topological polar surface area (TPSA) is 38.3 Å². The quantitative estimate of drug-likeness (QED) is 0.746. The molecule has 0 aliphatic carbocycles. The van der Waals surface area contributed by atoms with Gasteiger partial charge in [0.1, 0.15) is 5.75 Å². The number of carbonyl (C=O) groups excluding carboxylic acids is 1. The molecule has 0 spiro atoms. The fourth-order valence-corrected chi connectivity index (χ4v) is 1.21. The van der Waals surface area contributed by atoms with E-state index in [1.54, 1.807) is 18.2 Å². The van der Waals surface area contributed by atoms with Gasteiger partial charge in [-0.2, -0.15) is 0 Å². The lowest BCUT2D eigenvalue weighted by Gasteiger charge is -2.06. The van der Waals surface area contributed by atoms with Gasteiger partial charge in [0.15, 0.2) is 0 Å². The number of benzene rings is 1. The van der Waals surface area contributed by atoms with Gasteiger partial charge >= 0.3 is 0 Å². The van der Waals surface area contributed by atoms with E-state index in [0.717, 1.165) is 12.2 Å². The van der Waals surface area contributed by atoms with Crippen LogP contribution in [0.2, 0.25) is 0 Å². The van der Waals surface area contributed by atoms with E-state index in [0.29, 0.717) is 18.7 Å². The first-order valence-corrected chi connectivity index (χ1v) is 5.40. The molecule has 0 radical (unpaired) electrons. The first-order chi connectivity index (χ1) is 7.77. The van der Waals surface area contributed by atoms with Crippen LogP contribution in [0.15, 0.2) is 36.9 Å². The second-order valence-electron chi connectivity index (χ2n) is 3.37. The van der Waals surface area contributed by atoms with Crippen LogP contribution in [0.1, 0.15) is 23.7 Å². The summed E-state index contributed by atoms with van der Waals surface area (Å²) in [7, 11) is 0. The number of amides is 1. The zero-order chi connectivity index (χ0) is 11.8. The van der Waals surface area contributed by atoms with Crippen molar-refractivity contribution in [1.82, 2.24) is 5.32 Å². The lowest BCUT2D eigenvalue weighted by molar-refractivity contribution is 0.0957. The molecule has 0 unspecified atom stereocenters. The second kappa shape index (κ2) is 6.67. The molecule has 0 atom stereocenters. The van der Waals surface area contributed by atoms with Gasteiger partial charge in [-0.1, -0.05) is 19.1 Å². The first-order valence-electron chi connectivity index (χ1n) is 5.40. The molecule has 0 aliphatic rings. The normalized spacial score (nSPS) is 9.56. The van der Waals surface area contributed by atoms with Crippen molar-refractivity contribution in [2.75, 3.05) is 13.2 Å². The van der Waals surface area contributed by atoms with E-state index in [4.69, 9.17) is 4.74 Å². The summed E-state index contributed by atoms with van der Waals surface area (Å²) < 4.78 is 5.45. The molecule has 3 heteroatoms. The number of rotatable bonds is 6. The van der Waals surface area contributed by atoms with Crippen molar-refractivity contribution >= 4 is 5.91 Å². The van der Waals surface area contributed by atoms with E-state index >= 15 is 0 Å². The summed E-state index contributed by atoms with van der Waals surface area (Å²) in [6.07, 6.45) is 2.60. The molecular weight excluding hydrogens is 202 g/mol. The van der Waals surface area contributed by atoms with Crippen LogP contribution in [0.25, 0.3) is 0 Å². The van der Waals surface area contributed by atoms with Gasteiger partial charge < -0.3 is 10.1 Å². The molecule has 1 aromatic carbocycles. The van der Waals surface area contributed by atoms with Gasteiger partial charge in [0.05, 0.1) is 6.61 Å². The van der Waals surface area contributed by atoms with Gasteiger partial charge in [0.2, 0.25) is 0 Å². The third kappa shape index (κ3) is 3.77. The maximum Gasteiger partial charge on any atom is 0.251 e. The third-order valence-corrected chi connectivity index (χ3v) is 1.98. The molecule has 0 fully saturated rings. The van der Waals surface area contributed by atoms with Crippen molar-refractivity contribution in [2.24, 2.45) is 0 Å². The fraction of sp³-hybridized carbons (Fsp3) is 0.308. The molecule has 16 heavy (non-hydrogen) atoms. The number of carbonyl (C=O) groups is 1. The van der Waals surface area contributed by atoms with Crippen molar-refractivity contribution in [3.05, 3.63) is 42.5 Å². The lowest BCUT2D eigenvalue weighted by atomic mass is 10.2. The van der Waals surface area contributed by atoms with Crippen LogP contribution in [0.5, 0.6) is 5.75 Å². The number of hydrogen-bond donors (Lipinski definition) is 1. The van der Waals surface area contributed by atoms with Crippen molar-refractivity contribution in [3.8, 4) is 5.75 Å². The summed E-state index contributed by atoms with van der Waals surface area (Å²) in [5, 5.41) is 2.72. The Labute approximate surface area is 96.1 Å². The van der Waals surface area contributed by atoms with Crippen molar-refractivity contribution < 1.29 is 9.53 Å². The monoisotopic (exact) mass is 219 g/mol. The minimum absolute atomic E-state index is 0.109. The zero-order valence-electron chi connectivity index (χ0n) is 9.53. The van der Waals surface area contributed by atoms with Gasteiger partial charge in [0, 0.05) is 12.1 Å². The second-order valence-corrected chi connectivity index (χ2v) is 3.37. The average molecular weight is 219 g/mol. The molecule has 1 rings (SSSR count). The Morgan fingerprint density at radius 1 is 1.56 bits per heavy atom. The van der Waals surface area contributed by atoms with Gasteiger partial charge in [-0.3, -0.25) is 4.79 Å². The molecule has 0 bridgehead atoms. The molecule has 3 nitrogen and oxygen atoms in total. The van der Waals surface area contributed by atoms with Gasteiger partial charge in [0.25, 0.3) is 5.91 Å². The van der Waals surface area contributed by atoms with Gasteiger partial charge in [-0.15, -0.1) is 6.58 Å². The number of ether oxygens (including phenoxy) is 1. The fourth-order valence-electron chi connectivity index (χ4n) is 1.21. The minimum atomic E-state index is -0.109. The first kappa shape index (κ1) is 12.3. The van der Waals surface area contributed by atoms with Crippen molar-refractivity contribution in [3.63, 3.8) is 0 Å². The predicted octanol–water partition coefficient (Wildman–Crippen LogP) is 2.39. The van der Waals surface area contributed by atoms with E-state index in [9.17, 15) is 4.79 Å². The Morgan fingerprint density at radius 3 is 3.06 bits per heavy atom. The maximum atomic E-state index is 11.6. The highest BCUT2D eigenvalue weighted by Crippen LogP contribution is 2.13. The molecule has 1 amide bonds. The van der Waals surface area contributed by atoms with Crippen LogP contribution in [0, 0.1) is 0 Å². The Morgan fingerprint density at radius 2 is 2.38 bits per heavy atom. The van der Waals surface area contributed by atoms with Crippen LogP contribution < -0.4 is 10.1 Å². The zero-order valence-corrected chi connectivity index (χ0v) is 9.53. The molecule has 0 aromatic heterocycles. The van der Waals surface area contributed by atoms with Crippen LogP contribution >= 0.6 is 0 Å². The number of hydrogen-bond acceptors (Lipinski definition) is 2. The summed E-state index contributed by atoms with van der Waals surface area (Å²) in [6, 6.07) is 7.17. The van der Waals surface area contributed by atoms with E-state index in [1.165, 1.54) is 0 Å². The van der Waals surface area contributed by atoms with Crippen molar-refractivity contribution in [1.29, 1.82) is 0 Å². The summed E-state index contributed by atoms with van der Waals surface area (Å²) >= 11 is 0. The Hall–Kier alpha value is -1.77. The molecule has 1 N–H and O–H groups in total. The molecular formula is C13H17NO2. The van der Waals surface area contributed by atoms with E-state index in [2.05, 4.69) is 11.9 Å². The number of nitrogens with one attached hydrogen (secondary N) is 1. The Balaban J connectivity index is 2.65. The summed E-state index contributed by atoms with van der Waals surface area (Å²) in [6.45, 7) is 6.72. The summed E-state index contributed by atoms with van der Waals surface area (Å²) in [5.74, 6) is 0.620. The van der Waals surface area contributed by atoms with E-state index in [-0.39, 0.29) is 5.91 Å². The summed E-state index contributed by atoms with van der Waals surface area (Å²) in [4.78, 5) is 11.6.